The van der Waals surface area contributed by atoms with Crippen LogP contribution in [0.4, 0.5) is 5.95 Å². The fraction of sp³-hybridized carbons (Fsp3) is 0.600. The van der Waals surface area contributed by atoms with Gasteiger partial charge in [-0.3, -0.25) is 4.40 Å². The zero-order valence-electron chi connectivity index (χ0n) is 11.7. The van der Waals surface area contributed by atoms with Crippen LogP contribution in [0, 0.1) is 11.8 Å². The van der Waals surface area contributed by atoms with Crippen LogP contribution in [0.1, 0.15) is 12.8 Å². The number of aliphatic hydroxyl groups excluding tert-OH is 1. The molecule has 0 aliphatic carbocycles. The SMILES string of the molecule is OC[C@H]1[C@@H]2CC[C@@]3(CN(c4nnc5ccccn45)C[C@@H]13)O2. The predicted molar refractivity (Wildman–Crippen MR) is 76.1 cm³/mol. The van der Waals surface area contributed by atoms with Crippen molar-refractivity contribution in [3.8, 4) is 0 Å². The zero-order valence-corrected chi connectivity index (χ0v) is 11.7. The molecule has 0 saturated carbocycles. The van der Waals surface area contributed by atoms with Gasteiger partial charge in [-0.15, -0.1) is 10.2 Å². The van der Waals surface area contributed by atoms with Crippen molar-refractivity contribution in [2.45, 2.75) is 24.5 Å². The van der Waals surface area contributed by atoms with E-state index < -0.39 is 0 Å². The maximum absolute atomic E-state index is 9.69. The number of anilines is 1. The monoisotopic (exact) mass is 286 g/mol. The van der Waals surface area contributed by atoms with Crippen molar-refractivity contribution in [2.75, 3.05) is 24.6 Å². The van der Waals surface area contributed by atoms with Crippen molar-refractivity contribution < 1.29 is 9.84 Å². The van der Waals surface area contributed by atoms with E-state index in [1.807, 2.05) is 28.8 Å². The first kappa shape index (κ1) is 11.9. The summed E-state index contributed by atoms with van der Waals surface area (Å²) < 4.78 is 8.29. The number of aliphatic hydroxyl groups is 1. The zero-order chi connectivity index (χ0) is 14.0. The Balaban J connectivity index is 1.53. The van der Waals surface area contributed by atoms with E-state index in [-0.39, 0.29) is 24.2 Å². The number of aromatic nitrogens is 3. The molecule has 0 unspecified atom stereocenters. The van der Waals surface area contributed by atoms with Gasteiger partial charge in [-0.25, -0.2) is 0 Å². The second-order valence-corrected chi connectivity index (χ2v) is 6.52. The highest BCUT2D eigenvalue weighted by Gasteiger charge is 2.63. The number of pyridine rings is 1. The van der Waals surface area contributed by atoms with Crippen molar-refractivity contribution in [1.29, 1.82) is 0 Å². The molecule has 0 radical (unpaired) electrons. The van der Waals surface area contributed by atoms with Crippen LogP contribution in [0.3, 0.4) is 0 Å². The van der Waals surface area contributed by atoms with Crippen LogP contribution in [-0.2, 0) is 4.74 Å². The molecule has 1 N–H and O–H groups in total. The van der Waals surface area contributed by atoms with Gasteiger partial charge in [0, 0.05) is 31.2 Å². The third kappa shape index (κ3) is 1.44. The van der Waals surface area contributed by atoms with Gasteiger partial charge in [0.25, 0.3) is 0 Å². The first-order chi connectivity index (χ1) is 10.3. The normalized spacial score (nSPS) is 37.6. The minimum absolute atomic E-state index is 0.0708. The van der Waals surface area contributed by atoms with Crippen LogP contribution in [0.5, 0.6) is 0 Å². The average Bonchev–Trinajstić information content (AvgIpc) is 3.23. The summed E-state index contributed by atoms with van der Waals surface area (Å²) >= 11 is 0. The Morgan fingerprint density at radius 2 is 2.33 bits per heavy atom. The summed E-state index contributed by atoms with van der Waals surface area (Å²) in [6.07, 6.45) is 4.44. The third-order valence-electron chi connectivity index (χ3n) is 5.57. The molecule has 5 rings (SSSR count). The Hall–Kier alpha value is -1.66. The van der Waals surface area contributed by atoms with Crippen LogP contribution in [0.15, 0.2) is 24.4 Å². The number of ether oxygens (including phenoxy) is 1. The smallest absolute Gasteiger partial charge is 0.231 e. The van der Waals surface area contributed by atoms with Crippen LogP contribution in [-0.4, -0.2) is 51.1 Å². The summed E-state index contributed by atoms with van der Waals surface area (Å²) in [5.74, 6) is 1.58. The molecule has 21 heavy (non-hydrogen) atoms. The highest BCUT2D eigenvalue weighted by atomic mass is 16.5. The molecule has 2 bridgehead atoms. The van der Waals surface area contributed by atoms with Crippen molar-refractivity contribution in [3.05, 3.63) is 24.4 Å². The molecule has 3 saturated heterocycles. The van der Waals surface area contributed by atoms with Crippen LogP contribution >= 0.6 is 0 Å². The van der Waals surface area contributed by atoms with Crippen molar-refractivity contribution in [2.24, 2.45) is 11.8 Å². The second kappa shape index (κ2) is 3.96. The first-order valence-electron chi connectivity index (χ1n) is 7.64. The van der Waals surface area contributed by atoms with Gasteiger partial charge in [0.15, 0.2) is 5.65 Å². The molecule has 4 atom stereocenters. The number of rotatable bonds is 2. The van der Waals surface area contributed by atoms with Gasteiger partial charge in [0.1, 0.15) is 0 Å². The summed E-state index contributed by atoms with van der Waals surface area (Å²) in [7, 11) is 0. The molecule has 2 aromatic heterocycles. The van der Waals surface area contributed by atoms with Gasteiger partial charge in [0.05, 0.1) is 18.2 Å². The molecule has 3 fully saturated rings. The maximum atomic E-state index is 9.69. The number of nitrogens with zero attached hydrogens (tertiary/aromatic N) is 4. The predicted octanol–water partition coefficient (Wildman–Crippen LogP) is 0.705. The quantitative estimate of drug-likeness (QED) is 0.881. The molecule has 3 aliphatic heterocycles. The van der Waals surface area contributed by atoms with Gasteiger partial charge < -0.3 is 14.7 Å². The summed E-state index contributed by atoms with van der Waals surface area (Å²) in [4.78, 5) is 2.27. The van der Waals surface area contributed by atoms with Gasteiger partial charge in [-0.2, -0.15) is 0 Å². The number of hydrogen-bond acceptors (Lipinski definition) is 5. The van der Waals surface area contributed by atoms with Gasteiger partial charge in [-0.1, -0.05) is 6.07 Å². The van der Waals surface area contributed by atoms with Crippen molar-refractivity contribution in [3.63, 3.8) is 0 Å². The molecule has 5 heterocycles. The van der Waals surface area contributed by atoms with Gasteiger partial charge >= 0.3 is 0 Å². The Morgan fingerprint density at radius 3 is 3.24 bits per heavy atom. The van der Waals surface area contributed by atoms with Crippen LogP contribution in [0.2, 0.25) is 0 Å². The van der Waals surface area contributed by atoms with E-state index >= 15 is 0 Å². The summed E-state index contributed by atoms with van der Waals surface area (Å²) in [6, 6.07) is 5.93. The molecule has 110 valence electrons. The minimum Gasteiger partial charge on any atom is -0.396 e. The molecule has 0 amide bonds. The van der Waals surface area contributed by atoms with E-state index in [2.05, 4.69) is 15.1 Å². The molecular formula is C15H18N4O2. The molecule has 6 heteroatoms. The standard InChI is InChI=1S/C15H18N4O2/c20-8-10-11-7-18(9-15(11)5-4-12(10)21-15)14-17-16-13-3-1-2-6-19(13)14/h1-3,6,10-12,20H,4-5,7-9H2/t10-,11+,12+,15+/m1/s1. The molecule has 6 nitrogen and oxygen atoms in total. The molecule has 0 aromatic carbocycles. The van der Waals surface area contributed by atoms with E-state index in [1.54, 1.807) is 0 Å². The van der Waals surface area contributed by atoms with Crippen LogP contribution < -0.4 is 4.90 Å². The lowest BCUT2D eigenvalue weighted by molar-refractivity contribution is 0.0128. The number of hydrogen-bond donors (Lipinski definition) is 1. The molecule has 3 aliphatic rings. The maximum Gasteiger partial charge on any atom is 0.231 e. The topological polar surface area (TPSA) is 62.9 Å². The Bertz CT molecular complexity index is 702. The van der Waals surface area contributed by atoms with E-state index in [1.165, 1.54) is 0 Å². The average molecular weight is 286 g/mol. The highest BCUT2D eigenvalue weighted by Crippen LogP contribution is 2.55. The summed E-state index contributed by atoms with van der Waals surface area (Å²) in [5, 5.41) is 18.3. The van der Waals surface area contributed by atoms with E-state index in [9.17, 15) is 5.11 Å². The van der Waals surface area contributed by atoms with E-state index in [0.29, 0.717) is 5.92 Å². The third-order valence-corrected chi connectivity index (χ3v) is 5.57. The lowest BCUT2D eigenvalue weighted by Crippen LogP contribution is -2.37. The first-order valence-corrected chi connectivity index (χ1v) is 7.64. The number of fused-ring (bicyclic) bond motifs is 2. The largest absolute Gasteiger partial charge is 0.396 e. The molecular weight excluding hydrogens is 268 g/mol. The van der Waals surface area contributed by atoms with E-state index in [4.69, 9.17) is 4.74 Å². The van der Waals surface area contributed by atoms with Gasteiger partial charge in [0.2, 0.25) is 5.95 Å². The Labute approximate surface area is 122 Å². The highest BCUT2D eigenvalue weighted by molar-refractivity contribution is 5.48. The fourth-order valence-electron chi connectivity index (χ4n) is 4.63. The van der Waals surface area contributed by atoms with Crippen molar-refractivity contribution in [1.82, 2.24) is 14.6 Å². The van der Waals surface area contributed by atoms with Crippen LogP contribution in [0.25, 0.3) is 5.65 Å². The fourth-order valence-corrected chi connectivity index (χ4v) is 4.63. The molecule has 1 spiro atoms. The van der Waals surface area contributed by atoms with Gasteiger partial charge in [-0.05, 0) is 25.0 Å². The van der Waals surface area contributed by atoms with E-state index in [0.717, 1.165) is 37.5 Å². The lowest BCUT2D eigenvalue weighted by atomic mass is 9.74. The Morgan fingerprint density at radius 1 is 1.38 bits per heavy atom. The second-order valence-electron chi connectivity index (χ2n) is 6.52. The minimum atomic E-state index is -0.0708. The lowest BCUT2D eigenvalue weighted by Gasteiger charge is -2.27. The summed E-state index contributed by atoms with van der Waals surface area (Å²) in [6.45, 7) is 1.99. The summed E-state index contributed by atoms with van der Waals surface area (Å²) in [5.41, 5.74) is 0.796. The molecule has 2 aromatic rings. The van der Waals surface area contributed by atoms with Crippen molar-refractivity contribution >= 4 is 11.6 Å². The Kier molecular flexibility index (Phi) is 2.25.